The van der Waals surface area contributed by atoms with Crippen LogP contribution in [0.3, 0.4) is 0 Å². The molecule has 0 saturated heterocycles. The van der Waals surface area contributed by atoms with Gasteiger partial charge in [-0.2, -0.15) is 0 Å². The highest BCUT2D eigenvalue weighted by Crippen LogP contribution is 2.34. The molecule has 0 bridgehead atoms. The lowest BCUT2D eigenvalue weighted by Crippen LogP contribution is -2.38. The van der Waals surface area contributed by atoms with Gasteiger partial charge in [-0.1, -0.05) is 38.8 Å². The Kier molecular flexibility index (Phi) is 5.32. The van der Waals surface area contributed by atoms with E-state index in [1.54, 1.807) is 0 Å². The van der Waals surface area contributed by atoms with Crippen molar-refractivity contribution < 1.29 is 0 Å². The molecule has 0 spiro atoms. The normalized spacial score (nSPS) is 15.3. The number of benzene rings is 1. The van der Waals surface area contributed by atoms with E-state index in [0.717, 1.165) is 0 Å². The standard InChI is InChI=1S/C21H28N2/c1-3-5-10-20(4-2)23-14-7-9-18-15-17(11-12-21(18)23)19-8-6-13-22-16-19/h6,8,11-13,15-16,20H,3-5,7,9-10,14H2,1-2H3. The molecule has 2 aromatic rings. The third kappa shape index (κ3) is 3.57. The third-order valence-electron chi connectivity index (χ3n) is 5.03. The number of nitrogens with zero attached hydrogens (tertiary/aromatic N) is 2. The van der Waals surface area contributed by atoms with Gasteiger partial charge in [-0.25, -0.2) is 0 Å². The molecular formula is C21H28N2. The molecule has 1 unspecified atom stereocenters. The van der Waals surface area contributed by atoms with Crippen LogP contribution in [0.2, 0.25) is 0 Å². The predicted molar refractivity (Wildman–Crippen MR) is 98.9 cm³/mol. The summed E-state index contributed by atoms with van der Waals surface area (Å²) in [6, 6.07) is 11.8. The number of unbranched alkanes of at least 4 members (excludes halogenated alkanes) is 1. The van der Waals surface area contributed by atoms with E-state index in [2.05, 4.69) is 48.0 Å². The monoisotopic (exact) mass is 308 g/mol. The Morgan fingerprint density at radius 2 is 2.09 bits per heavy atom. The first-order chi connectivity index (χ1) is 11.3. The quantitative estimate of drug-likeness (QED) is 0.703. The smallest absolute Gasteiger partial charge is 0.0401 e. The summed E-state index contributed by atoms with van der Waals surface area (Å²) >= 11 is 0. The summed E-state index contributed by atoms with van der Waals surface area (Å²) in [5.41, 5.74) is 5.48. The number of hydrogen-bond donors (Lipinski definition) is 0. The van der Waals surface area contributed by atoms with Gasteiger partial charge in [-0.05, 0) is 60.6 Å². The van der Waals surface area contributed by atoms with Gasteiger partial charge >= 0.3 is 0 Å². The second-order valence-corrected chi connectivity index (χ2v) is 6.59. The molecular weight excluding hydrogens is 280 g/mol. The number of rotatable bonds is 6. The molecule has 0 saturated carbocycles. The van der Waals surface area contributed by atoms with Crippen molar-refractivity contribution in [2.24, 2.45) is 0 Å². The average Bonchev–Trinajstić information content (AvgIpc) is 2.62. The van der Waals surface area contributed by atoms with Crippen molar-refractivity contribution in [1.82, 2.24) is 4.98 Å². The first-order valence-corrected chi connectivity index (χ1v) is 9.13. The molecule has 1 atom stereocenters. The van der Waals surface area contributed by atoms with Crippen molar-refractivity contribution >= 4 is 5.69 Å². The minimum atomic E-state index is 0.693. The van der Waals surface area contributed by atoms with E-state index in [-0.39, 0.29) is 0 Å². The lowest BCUT2D eigenvalue weighted by atomic mass is 9.94. The van der Waals surface area contributed by atoms with Crippen LogP contribution in [-0.2, 0) is 6.42 Å². The molecule has 0 radical (unpaired) electrons. The van der Waals surface area contributed by atoms with Crippen LogP contribution in [0.25, 0.3) is 11.1 Å². The number of hydrogen-bond acceptors (Lipinski definition) is 2. The lowest BCUT2D eigenvalue weighted by molar-refractivity contribution is 0.497. The minimum Gasteiger partial charge on any atom is -0.368 e. The molecule has 1 aliphatic heterocycles. The summed E-state index contributed by atoms with van der Waals surface area (Å²) < 4.78 is 0. The average molecular weight is 308 g/mol. The van der Waals surface area contributed by atoms with E-state index in [0.29, 0.717) is 6.04 Å². The third-order valence-corrected chi connectivity index (χ3v) is 5.03. The van der Waals surface area contributed by atoms with Crippen LogP contribution in [0, 0.1) is 0 Å². The Balaban J connectivity index is 1.88. The van der Waals surface area contributed by atoms with E-state index in [4.69, 9.17) is 0 Å². The molecule has 0 amide bonds. The van der Waals surface area contributed by atoms with E-state index in [9.17, 15) is 0 Å². The maximum Gasteiger partial charge on any atom is 0.0401 e. The number of anilines is 1. The number of pyridine rings is 1. The molecule has 23 heavy (non-hydrogen) atoms. The Morgan fingerprint density at radius 3 is 2.83 bits per heavy atom. The molecule has 0 fully saturated rings. The van der Waals surface area contributed by atoms with Gasteiger partial charge in [0.25, 0.3) is 0 Å². The second kappa shape index (κ2) is 7.63. The van der Waals surface area contributed by atoms with Crippen LogP contribution in [0.5, 0.6) is 0 Å². The van der Waals surface area contributed by atoms with Gasteiger partial charge in [-0.15, -0.1) is 0 Å². The highest BCUT2D eigenvalue weighted by Gasteiger charge is 2.23. The SMILES string of the molecule is CCCCC(CC)N1CCCc2cc(-c3cccnc3)ccc21. The molecule has 2 heteroatoms. The van der Waals surface area contributed by atoms with Crippen molar-refractivity contribution in [3.8, 4) is 11.1 Å². The van der Waals surface area contributed by atoms with Crippen LogP contribution in [0.15, 0.2) is 42.7 Å². The Hall–Kier alpha value is -1.83. The second-order valence-electron chi connectivity index (χ2n) is 6.59. The Morgan fingerprint density at radius 1 is 1.17 bits per heavy atom. The van der Waals surface area contributed by atoms with Gasteiger partial charge in [0, 0.05) is 30.7 Å². The van der Waals surface area contributed by atoms with E-state index >= 15 is 0 Å². The summed E-state index contributed by atoms with van der Waals surface area (Å²) in [6.07, 6.45) is 11.4. The number of fused-ring (bicyclic) bond motifs is 1. The molecule has 0 N–H and O–H groups in total. The predicted octanol–water partition coefficient (Wildman–Crippen LogP) is 5.47. The molecule has 1 aliphatic rings. The highest BCUT2D eigenvalue weighted by molar-refractivity contribution is 5.69. The minimum absolute atomic E-state index is 0.693. The lowest BCUT2D eigenvalue weighted by Gasteiger charge is -2.38. The topological polar surface area (TPSA) is 16.1 Å². The van der Waals surface area contributed by atoms with E-state index in [1.165, 1.54) is 67.4 Å². The number of aryl methyl sites for hydroxylation is 1. The van der Waals surface area contributed by atoms with Gasteiger partial charge in [0.05, 0.1) is 0 Å². The van der Waals surface area contributed by atoms with Crippen molar-refractivity contribution in [2.45, 2.75) is 58.4 Å². The van der Waals surface area contributed by atoms with Gasteiger partial charge in [0.15, 0.2) is 0 Å². The van der Waals surface area contributed by atoms with Crippen molar-refractivity contribution in [3.05, 3.63) is 48.3 Å². The summed E-state index contributed by atoms with van der Waals surface area (Å²) in [5.74, 6) is 0. The van der Waals surface area contributed by atoms with Crippen LogP contribution in [0.4, 0.5) is 5.69 Å². The first-order valence-electron chi connectivity index (χ1n) is 9.13. The van der Waals surface area contributed by atoms with Crippen LogP contribution in [0.1, 0.15) is 51.5 Å². The molecule has 2 heterocycles. The molecule has 1 aromatic carbocycles. The summed E-state index contributed by atoms with van der Waals surface area (Å²) in [6.45, 7) is 5.83. The summed E-state index contributed by atoms with van der Waals surface area (Å²) in [7, 11) is 0. The fourth-order valence-corrected chi connectivity index (χ4v) is 3.74. The maximum atomic E-state index is 4.25. The molecule has 1 aromatic heterocycles. The molecule has 2 nitrogen and oxygen atoms in total. The fourth-order valence-electron chi connectivity index (χ4n) is 3.74. The Bertz CT molecular complexity index is 621. The van der Waals surface area contributed by atoms with Crippen molar-refractivity contribution in [2.75, 3.05) is 11.4 Å². The fraction of sp³-hybridized carbons (Fsp3) is 0.476. The zero-order chi connectivity index (χ0) is 16.1. The van der Waals surface area contributed by atoms with Crippen LogP contribution < -0.4 is 4.90 Å². The van der Waals surface area contributed by atoms with E-state index < -0.39 is 0 Å². The van der Waals surface area contributed by atoms with Crippen LogP contribution in [-0.4, -0.2) is 17.6 Å². The van der Waals surface area contributed by atoms with Gasteiger partial charge in [0.2, 0.25) is 0 Å². The Labute approximate surface area is 140 Å². The zero-order valence-electron chi connectivity index (χ0n) is 14.5. The zero-order valence-corrected chi connectivity index (χ0v) is 14.5. The largest absolute Gasteiger partial charge is 0.368 e. The first kappa shape index (κ1) is 16.0. The summed E-state index contributed by atoms with van der Waals surface area (Å²) in [4.78, 5) is 6.92. The van der Waals surface area contributed by atoms with Gasteiger partial charge < -0.3 is 4.90 Å². The molecule has 3 rings (SSSR count). The van der Waals surface area contributed by atoms with Gasteiger partial charge in [0.1, 0.15) is 0 Å². The van der Waals surface area contributed by atoms with Crippen LogP contribution >= 0.6 is 0 Å². The summed E-state index contributed by atoms with van der Waals surface area (Å²) in [5, 5.41) is 0. The maximum absolute atomic E-state index is 4.25. The molecule has 0 aliphatic carbocycles. The van der Waals surface area contributed by atoms with Crippen molar-refractivity contribution in [3.63, 3.8) is 0 Å². The van der Waals surface area contributed by atoms with E-state index in [1.807, 2.05) is 18.5 Å². The number of aromatic nitrogens is 1. The van der Waals surface area contributed by atoms with Crippen molar-refractivity contribution in [1.29, 1.82) is 0 Å². The highest BCUT2D eigenvalue weighted by atomic mass is 15.2. The van der Waals surface area contributed by atoms with Gasteiger partial charge in [-0.3, -0.25) is 4.98 Å². The molecule has 122 valence electrons.